The van der Waals surface area contributed by atoms with E-state index in [-0.39, 0.29) is 12.7 Å². The molecule has 0 amide bonds. The number of nitrogens with zero attached hydrogens (tertiary/aromatic N) is 4. The Hall–Kier alpha value is -3.59. The van der Waals surface area contributed by atoms with Crippen molar-refractivity contribution in [3.8, 4) is 11.6 Å². The molecule has 0 bridgehead atoms. The molecule has 0 radical (unpaired) electrons. The zero-order valence-corrected chi connectivity index (χ0v) is 25.3. The van der Waals surface area contributed by atoms with Crippen LogP contribution in [0.5, 0.6) is 11.6 Å². The zero-order chi connectivity index (χ0) is 30.0. The molecular weight excluding hydrogens is 570 g/mol. The van der Waals surface area contributed by atoms with Gasteiger partial charge in [0.2, 0.25) is 5.88 Å². The average Bonchev–Trinajstić information content (AvgIpc) is 3.30. The van der Waals surface area contributed by atoms with Crippen molar-refractivity contribution in [3.05, 3.63) is 77.5 Å². The average molecular weight is 607 g/mol. The van der Waals surface area contributed by atoms with E-state index >= 15 is 0 Å². The minimum Gasteiger partial charge on any atom is -0.473 e. The minimum atomic E-state index is -2.53. The molecule has 2 saturated heterocycles. The summed E-state index contributed by atoms with van der Waals surface area (Å²) in [6.45, 7) is 7.76. The molecule has 0 aliphatic carbocycles. The standard InChI is InChI=1S/C32H36FN4O5P/c1-43(2,39)26-8-6-23(27(33)17-26)20-41-32-5-3-4-28(35-32)22-10-13-36(14-11-22)19-31-34-29-9-7-24(42-21-38)16-30(29)37(31)18-25-12-15-40-25/h3-9,16-17,21-22,25H,10-15,18-20H2,1-2H3/t25-/m0/s1. The van der Waals surface area contributed by atoms with Crippen molar-refractivity contribution < 1.29 is 28.0 Å². The lowest BCUT2D eigenvalue weighted by atomic mass is 9.93. The highest BCUT2D eigenvalue weighted by atomic mass is 31.2. The summed E-state index contributed by atoms with van der Waals surface area (Å²) in [6.07, 6.45) is 3.08. The van der Waals surface area contributed by atoms with Crippen molar-refractivity contribution in [1.29, 1.82) is 0 Å². The lowest BCUT2D eigenvalue weighted by molar-refractivity contribution is -0.120. The van der Waals surface area contributed by atoms with Crippen LogP contribution >= 0.6 is 7.14 Å². The van der Waals surface area contributed by atoms with Gasteiger partial charge < -0.3 is 23.3 Å². The number of ether oxygens (including phenoxy) is 3. The molecule has 2 aromatic carbocycles. The predicted octanol–water partition coefficient (Wildman–Crippen LogP) is 5.10. The third-order valence-corrected chi connectivity index (χ3v) is 9.83. The van der Waals surface area contributed by atoms with E-state index in [9.17, 15) is 13.8 Å². The lowest BCUT2D eigenvalue weighted by Crippen LogP contribution is -2.35. The van der Waals surface area contributed by atoms with Crippen molar-refractivity contribution >= 4 is 30.0 Å². The molecule has 1 atom stereocenters. The number of hydrogen-bond donors (Lipinski definition) is 0. The number of hydrogen-bond acceptors (Lipinski definition) is 8. The van der Waals surface area contributed by atoms with Crippen molar-refractivity contribution in [3.63, 3.8) is 0 Å². The Bertz CT molecular complexity index is 1660. The summed E-state index contributed by atoms with van der Waals surface area (Å²) in [7, 11) is -2.53. The van der Waals surface area contributed by atoms with Gasteiger partial charge in [-0.05, 0) is 69.9 Å². The molecule has 226 valence electrons. The minimum absolute atomic E-state index is 0.0500. The van der Waals surface area contributed by atoms with Gasteiger partial charge in [-0.3, -0.25) is 9.69 Å². The molecule has 0 spiro atoms. The van der Waals surface area contributed by atoms with Gasteiger partial charge in [-0.1, -0.05) is 18.2 Å². The van der Waals surface area contributed by atoms with Gasteiger partial charge in [0.05, 0.1) is 30.2 Å². The highest BCUT2D eigenvalue weighted by molar-refractivity contribution is 7.70. The number of carbonyl (C=O) groups is 1. The summed E-state index contributed by atoms with van der Waals surface area (Å²) in [6, 6.07) is 15.9. The Labute approximate surface area is 250 Å². The van der Waals surface area contributed by atoms with Crippen LogP contribution in [0.4, 0.5) is 4.39 Å². The van der Waals surface area contributed by atoms with Crippen LogP contribution in [0, 0.1) is 5.82 Å². The largest absolute Gasteiger partial charge is 0.473 e. The Morgan fingerprint density at radius 3 is 2.58 bits per heavy atom. The van der Waals surface area contributed by atoms with Gasteiger partial charge in [0.15, 0.2) is 0 Å². The highest BCUT2D eigenvalue weighted by Gasteiger charge is 2.26. The number of likely N-dealkylation sites (tertiary alicyclic amines) is 1. The van der Waals surface area contributed by atoms with Crippen molar-refractivity contribution in [2.45, 2.75) is 51.0 Å². The topological polar surface area (TPSA) is 95.8 Å². The fourth-order valence-corrected chi connectivity index (χ4v) is 6.56. The summed E-state index contributed by atoms with van der Waals surface area (Å²) in [4.78, 5) is 23.0. The number of carbonyl (C=O) groups excluding carboxylic acids is 1. The van der Waals surface area contributed by atoms with E-state index in [2.05, 4.69) is 9.47 Å². The van der Waals surface area contributed by atoms with Crippen LogP contribution in [-0.2, 0) is 33.8 Å². The number of pyridine rings is 1. The molecule has 2 aromatic heterocycles. The normalized spacial score (nSPS) is 18.0. The maximum Gasteiger partial charge on any atom is 0.298 e. The monoisotopic (exact) mass is 606 g/mol. The Kier molecular flexibility index (Phi) is 8.61. The lowest BCUT2D eigenvalue weighted by Gasteiger charge is -2.32. The number of halogens is 1. The van der Waals surface area contributed by atoms with Gasteiger partial charge >= 0.3 is 0 Å². The molecule has 9 nitrogen and oxygen atoms in total. The zero-order valence-electron chi connectivity index (χ0n) is 24.4. The van der Waals surface area contributed by atoms with E-state index < -0.39 is 13.0 Å². The fraction of sp³-hybridized carbons (Fsp3) is 0.406. The second-order valence-corrected chi connectivity index (χ2v) is 14.9. The maximum absolute atomic E-state index is 14.6. The quantitative estimate of drug-likeness (QED) is 0.172. The number of imidazole rings is 1. The van der Waals surface area contributed by atoms with Gasteiger partial charge in [0.25, 0.3) is 6.47 Å². The van der Waals surface area contributed by atoms with Gasteiger partial charge in [0.1, 0.15) is 31.1 Å². The molecule has 11 heteroatoms. The van der Waals surface area contributed by atoms with E-state index in [4.69, 9.17) is 24.2 Å². The van der Waals surface area contributed by atoms with E-state index in [1.165, 1.54) is 6.07 Å². The third-order valence-electron chi connectivity index (χ3n) is 8.31. The van der Waals surface area contributed by atoms with Crippen molar-refractivity contribution in [2.24, 2.45) is 0 Å². The first-order valence-corrected chi connectivity index (χ1v) is 17.2. The molecule has 6 rings (SSSR count). The van der Waals surface area contributed by atoms with Crippen LogP contribution < -0.4 is 14.8 Å². The van der Waals surface area contributed by atoms with Gasteiger partial charge in [-0.15, -0.1) is 0 Å². The van der Waals surface area contributed by atoms with E-state index in [0.717, 1.165) is 68.1 Å². The summed E-state index contributed by atoms with van der Waals surface area (Å²) < 4.78 is 45.7. The molecule has 2 aliphatic heterocycles. The first-order chi connectivity index (χ1) is 20.8. The number of benzene rings is 2. The fourth-order valence-electron chi connectivity index (χ4n) is 5.70. The molecule has 2 fully saturated rings. The summed E-state index contributed by atoms with van der Waals surface area (Å²) in [5.41, 5.74) is 3.19. The predicted molar refractivity (Wildman–Crippen MR) is 162 cm³/mol. The smallest absolute Gasteiger partial charge is 0.298 e. The molecule has 4 aromatic rings. The summed E-state index contributed by atoms with van der Waals surface area (Å²) in [5, 5.41) is 0.517. The maximum atomic E-state index is 14.6. The molecule has 2 aliphatic rings. The molecule has 0 N–H and O–H groups in total. The molecule has 0 saturated carbocycles. The first-order valence-electron chi connectivity index (χ1n) is 14.6. The van der Waals surface area contributed by atoms with E-state index in [1.807, 2.05) is 24.3 Å². The van der Waals surface area contributed by atoms with Crippen molar-refractivity contribution in [1.82, 2.24) is 19.4 Å². The molecule has 0 unspecified atom stereocenters. The van der Waals surface area contributed by atoms with Crippen molar-refractivity contribution in [2.75, 3.05) is 33.0 Å². The highest BCUT2D eigenvalue weighted by Crippen LogP contribution is 2.35. The second-order valence-electron chi connectivity index (χ2n) is 11.7. The molecule has 4 heterocycles. The third kappa shape index (κ3) is 6.82. The Balaban J connectivity index is 1.09. The SMILES string of the molecule is CP(C)(=O)c1ccc(COc2cccc(C3CCN(Cc4nc5ccc(OC=O)cc5n4C[C@@H]4CCO4)CC3)n2)c(F)c1. The van der Waals surface area contributed by atoms with Crippen LogP contribution in [0.25, 0.3) is 11.0 Å². The second kappa shape index (κ2) is 12.6. The molecule has 43 heavy (non-hydrogen) atoms. The number of rotatable bonds is 11. The first kappa shape index (κ1) is 29.5. The van der Waals surface area contributed by atoms with Gasteiger partial charge in [0, 0.05) is 41.2 Å². The van der Waals surface area contributed by atoms with E-state index in [1.54, 1.807) is 37.6 Å². The van der Waals surface area contributed by atoms with Crippen LogP contribution in [0.2, 0.25) is 0 Å². The van der Waals surface area contributed by atoms with Crippen LogP contribution in [0.15, 0.2) is 54.6 Å². The van der Waals surface area contributed by atoms with Crippen LogP contribution in [-0.4, -0.2) is 65.0 Å². The number of fused-ring (bicyclic) bond motifs is 1. The molecular formula is C32H36FN4O5P. The Morgan fingerprint density at radius 2 is 1.88 bits per heavy atom. The summed E-state index contributed by atoms with van der Waals surface area (Å²) in [5.74, 6) is 1.81. The van der Waals surface area contributed by atoms with Gasteiger partial charge in [-0.2, -0.15) is 0 Å². The van der Waals surface area contributed by atoms with E-state index in [0.29, 0.717) is 41.4 Å². The number of aromatic nitrogens is 3. The van der Waals surface area contributed by atoms with Crippen LogP contribution in [0.1, 0.15) is 42.3 Å². The van der Waals surface area contributed by atoms with Gasteiger partial charge in [-0.25, -0.2) is 14.4 Å². The van der Waals surface area contributed by atoms with Crippen LogP contribution in [0.3, 0.4) is 0 Å². The summed E-state index contributed by atoms with van der Waals surface area (Å²) >= 11 is 0. The Morgan fingerprint density at radius 1 is 1.07 bits per heavy atom. The number of piperidine rings is 1.